The number of hydrogen-bond donors (Lipinski definition) is 1. The fraction of sp³-hybridized carbons (Fsp3) is 0.231. The van der Waals surface area contributed by atoms with Crippen LogP contribution in [0.2, 0.25) is 5.02 Å². The first-order chi connectivity index (χ1) is 8.06. The van der Waals surface area contributed by atoms with Crippen LogP contribution in [0.25, 0.3) is 10.9 Å². The molecule has 0 unspecified atom stereocenters. The van der Waals surface area contributed by atoms with Crippen molar-refractivity contribution in [1.82, 2.24) is 4.98 Å². The van der Waals surface area contributed by atoms with Crippen molar-refractivity contribution in [3.05, 3.63) is 40.0 Å². The molecule has 2 rings (SSSR count). The molecule has 1 aromatic heterocycles. The minimum Gasteiger partial charge on any atom is -0.478 e. The molecule has 0 bridgehead atoms. The van der Waals surface area contributed by atoms with E-state index in [2.05, 4.69) is 4.98 Å². The van der Waals surface area contributed by atoms with E-state index >= 15 is 0 Å². The van der Waals surface area contributed by atoms with Gasteiger partial charge in [0.15, 0.2) is 0 Å². The smallest absolute Gasteiger partial charge is 0.336 e. The highest BCUT2D eigenvalue weighted by Crippen LogP contribution is 2.29. The summed E-state index contributed by atoms with van der Waals surface area (Å²) >= 11 is 6.07. The zero-order chi connectivity index (χ0) is 12.6. The lowest BCUT2D eigenvalue weighted by molar-refractivity contribution is 0.0698. The molecule has 0 aliphatic carbocycles. The summed E-state index contributed by atoms with van der Waals surface area (Å²) in [6, 6.07) is 5.24. The summed E-state index contributed by atoms with van der Waals surface area (Å²) in [5.41, 5.74) is 2.40. The molecule has 1 N–H and O–H groups in total. The van der Waals surface area contributed by atoms with Crippen molar-refractivity contribution in [3.63, 3.8) is 0 Å². The van der Waals surface area contributed by atoms with E-state index in [0.29, 0.717) is 27.9 Å². The molecule has 0 saturated heterocycles. The molecular formula is C13H12ClNO2. The maximum Gasteiger partial charge on any atom is 0.336 e. The molecule has 0 aliphatic rings. The lowest BCUT2D eigenvalue weighted by atomic mass is 10.0. The van der Waals surface area contributed by atoms with Crippen LogP contribution in [0, 0.1) is 6.92 Å². The number of fused-ring (bicyclic) bond motifs is 1. The molecule has 2 aromatic rings. The van der Waals surface area contributed by atoms with Crippen LogP contribution in [0.3, 0.4) is 0 Å². The number of halogens is 1. The number of carboxylic acid groups (broad SMARTS) is 1. The van der Waals surface area contributed by atoms with Crippen LogP contribution >= 0.6 is 11.6 Å². The lowest BCUT2D eigenvalue weighted by Gasteiger charge is -2.11. The molecular weight excluding hydrogens is 238 g/mol. The van der Waals surface area contributed by atoms with Crippen LogP contribution in [0.1, 0.15) is 28.5 Å². The number of aromatic carboxylic acids is 1. The SMILES string of the molecule is CCc1nc2cccc(Cl)c2c(C(=O)O)c1C. The van der Waals surface area contributed by atoms with Gasteiger partial charge >= 0.3 is 5.97 Å². The second-order valence-electron chi connectivity index (χ2n) is 3.85. The molecule has 0 spiro atoms. The molecule has 0 radical (unpaired) electrons. The number of pyridine rings is 1. The Morgan fingerprint density at radius 2 is 2.18 bits per heavy atom. The average Bonchev–Trinajstić information content (AvgIpc) is 2.29. The first-order valence-electron chi connectivity index (χ1n) is 5.37. The summed E-state index contributed by atoms with van der Waals surface area (Å²) in [6.45, 7) is 3.73. The Bertz CT molecular complexity index is 608. The van der Waals surface area contributed by atoms with E-state index in [-0.39, 0.29) is 5.56 Å². The van der Waals surface area contributed by atoms with E-state index in [9.17, 15) is 9.90 Å². The highest BCUT2D eigenvalue weighted by atomic mass is 35.5. The van der Waals surface area contributed by atoms with E-state index in [0.717, 1.165) is 5.69 Å². The summed E-state index contributed by atoms with van der Waals surface area (Å²) < 4.78 is 0. The molecule has 3 nitrogen and oxygen atoms in total. The normalized spacial score (nSPS) is 10.8. The van der Waals surface area contributed by atoms with E-state index in [1.165, 1.54) is 0 Å². The van der Waals surface area contributed by atoms with Gasteiger partial charge in [-0.2, -0.15) is 0 Å². The molecule has 0 amide bonds. The topological polar surface area (TPSA) is 50.2 Å². The number of nitrogens with zero attached hydrogens (tertiary/aromatic N) is 1. The van der Waals surface area contributed by atoms with Crippen LogP contribution < -0.4 is 0 Å². The van der Waals surface area contributed by atoms with Gasteiger partial charge in [-0.3, -0.25) is 4.98 Å². The van der Waals surface area contributed by atoms with Crippen molar-refractivity contribution < 1.29 is 9.90 Å². The summed E-state index contributed by atoms with van der Waals surface area (Å²) in [5.74, 6) is -0.960. The third kappa shape index (κ3) is 1.87. The predicted octanol–water partition coefficient (Wildman–Crippen LogP) is 3.46. The van der Waals surface area contributed by atoms with Gasteiger partial charge in [0.2, 0.25) is 0 Å². The molecule has 4 heteroatoms. The molecule has 1 heterocycles. The minimum absolute atomic E-state index is 0.262. The van der Waals surface area contributed by atoms with Crippen LogP contribution in [0.4, 0.5) is 0 Å². The largest absolute Gasteiger partial charge is 0.478 e. The van der Waals surface area contributed by atoms with Crippen LogP contribution in [-0.2, 0) is 6.42 Å². The van der Waals surface area contributed by atoms with Gasteiger partial charge in [-0.15, -0.1) is 0 Å². The average molecular weight is 250 g/mol. The second kappa shape index (κ2) is 4.34. The Morgan fingerprint density at radius 1 is 1.47 bits per heavy atom. The quantitative estimate of drug-likeness (QED) is 0.887. The van der Waals surface area contributed by atoms with Crippen molar-refractivity contribution >= 4 is 28.5 Å². The number of benzene rings is 1. The molecule has 17 heavy (non-hydrogen) atoms. The third-order valence-corrected chi connectivity index (χ3v) is 3.17. The molecule has 1 aromatic carbocycles. The Balaban J connectivity index is 2.98. The third-order valence-electron chi connectivity index (χ3n) is 2.85. The van der Waals surface area contributed by atoms with Gasteiger partial charge in [-0.1, -0.05) is 24.6 Å². The maximum atomic E-state index is 11.4. The monoisotopic (exact) mass is 249 g/mol. The fourth-order valence-electron chi connectivity index (χ4n) is 2.03. The van der Waals surface area contributed by atoms with Crippen molar-refractivity contribution in [2.45, 2.75) is 20.3 Å². The van der Waals surface area contributed by atoms with Gasteiger partial charge in [0.25, 0.3) is 0 Å². The van der Waals surface area contributed by atoms with Gasteiger partial charge in [-0.25, -0.2) is 4.79 Å². The molecule has 0 fully saturated rings. The summed E-state index contributed by atoms with van der Waals surface area (Å²) in [4.78, 5) is 15.8. The van der Waals surface area contributed by atoms with Crippen LogP contribution in [0.15, 0.2) is 18.2 Å². The number of aryl methyl sites for hydroxylation is 1. The van der Waals surface area contributed by atoms with Crippen LogP contribution in [0.5, 0.6) is 0 Å². The predicted molar refractivity (Wildman–Crippen MR) is 67.8 cm³/mol. The number of carboxylic acids is 1. The molecule has 88 valence electrons. The lowest BCUT2D eigenvalue weighted by Crippen LogP contribution is -2.06. The summed E-state index contributed by atoms with van der Waals surface area (Å²) in [6.07, 6.45) is 0.703. The van der Waals surface area contributed by atoms with E-state index in [1.54, 1.807) is 25.1 Å². The van der Waals surface area contributed by atoms with E-state index in [1.807, 2.05) is 6.92 Å². The Labute approximate surface area is 104 Å². The van der Waals surface area contributed by atoms with E-state index in [4.69, 9.17) is 11.6 Å². The van der Waals surface area contributed by atoms with Crippen molar-refractivity contribution in [2.75, 3.05) is 0 Å². The van der Waals surface area contributed by atoms with Crippen LogP contribution in [-0.4, -0.2) is 16.1 Å². The first kappa shape index (κ1) is 11.9. The first-order valence-corrected chi connectivity index (χ1v) is 5.75. The highest BCUT2D eigenvalue weighted by Gasteiger charge is 2.18. The van der Waals surface area contributed by atoms with Gasteiger partial charge in [-0.05, 0) is 31.0 Å². The zero-order valence-corrected chi connectivity index (χ0v) is 10.4. The maximum absolute atomic E-state index is 11.4. The van der Waals surface area contributed by atoms with Crippen molar-refractivity contribution in [2.24, 2.45) is 0 Å². The van der Waals surface area contributed by atoms with Gasteiger partial charge in [0.1, 0.15) is 0 Å². The standard InChI is InChI=1S/C13H12ClNO2/c1-3-9-7(2)11(13(16)17)12-8(14)5-4-6-10(12)15-9/h4-6H,3H2,1-2H3,(H,16,17). The molecule has 0 atom stereocenters. The minimum atomic E-state index is -0.960. The fourth-order valence-corrected chi connectivity index (χ4v) is 2.29. The Hall–Kier alpha value is -1.61. The Kier molecular flexibility index (Phi) is 3.03. The van der Waals surface area contributed by atoms with E-state index < -0.39 is 5.97 Å². The highest BCUT2D eigenvalue weighted by molar-refractivity contribution is 6.36. The molecule has 0 aliphatic heterocycles. The van der Waals surface area contributed by atoms with Crippen molar-refractivity contribution in [1.29, 1.82) is 0 Å². The van der Waals surface area contributed by atoms with Gasteiger partial charge < -0.3 is 5.11 Å². The summed E-state index contributed by atoms with van der Waals surface area (Å²) in [7, 11) is 0. The number of hydrogen-bond acceptors (Lipinski definition) is 2. The number of aromatic nitrogens is 1. The second-order valence-corrected chi connectivity index (χ2v) is 4.26. The van der Waals surface area contributed by atoms with Crippen molar-refractivity contribution in [3.8, 4) is 0 Å². The Morgan fingerprint density at radius 3 is 2.76 bits per heavy atom. The molecule has 0 saturated carbocycles. The number of rotatable bonds is 2. The van der Waals surface area contributed by atoms with Gasteiger partial charge in [0, 0.05) is 11.1 Å². The number of carbonyl (C=O) groups is 1. The van der Waals surface area contributed by atoms with Gasteiger partial charge in [0.05, 0.1) is 16.1 Å². The summed E-state index contributed by atoms with van der Waals surface area (Å²) in [5, 5.41) is 10.3. The zero-order valence-electron chi connectivity index (χ0n) is 9.62.